The van der Waals surface area contributed by atoms with Crippen molar-refractivity contribution in [1.29, 1.82) is 0 Å². The Balaban J connectivity index is 1.82. The normalized spacial score (nSPS) is 21.1. The Hall–Kier alpha value is -1.68. The smallest absolute Gasteiger partial charge is 0.231 e. The van der Waals surface area contributed by atoms with E-state index in [4.69, 9.17) is 14.2 Å². The molecule has 0 aromatic heterocycles. The molecular weight excluding hydrogens is 242 g/mol. The standard InChI is InChI=1S/C15H19NO3/c1-3-12-5-4-6-16(12)9-11-7-13(17-2)15-14(8-11)18-10-19-15/h4-5,7-8,12H,3,6,9-10H2,1-2H3/t12-/m0/s1. The topological polar surface area (TPSA) is 30.9 Å². The monoisotopic (exact) mass is 261 g/mol. The summed E-state index contributed by atoms with van der Waals surface area (Å²) in [5.74, 6) is 2.26. The summed E-state index contributed by atoms with van der Waals surface area (Å²) >= 11 is 0. The molecule has 3 rings (SSSR count). The molecule has 0 bridgehead atoms. The number of benzene rings is 1. The van der Waals surface area contributed by atoms with Gasteiger partial charge in [0.05, 0.1) is 7.11 Å². The van der Waals surface area contributed by atoms with Crippen LogP contribution in [-0.2, 0) is 6.54 Å². The van der Waals surface area contributed by atoms with Crippen LogP contribution >= 0.6 is 0 Å². The molecule has 0 amide bonds. The van der Waals surface area contributed by atoms with Crippen LogP contribution in [0.4, 0.5) is 0 Å². The van der Waals surface area contributed by atoms with Gasteiger partial charge in [-0.3, -0.25) is 4.90 Å². The van der Waals surface area contributed by atoms with Gasteiger partial charge in [-0.25, -0.2) is 0 Å². The molecule has 0 unspecified atom stereocenters. The van der Waals surface area contributed by atoms with Gasteiger partial charge < -0.3 is 14.2 Å². The molecule has 2 aliphatic rings. The van der Waals surface area contributed by atoms with Crippen molar-refractivity contribution in [2.45, 2.75) is 25.9 Å². The molecule has 1 aromatic rings. The molecule has 0 fully saturated rings. The van der Waals surface area contributed by atoms with Crippen molar-refractivity contribution in [1.82, 2.24) is 4.90 Å². The minimum atomic E-state index is 0.276. The number of fused-ring (bicyclic) bond motifs is 1. The highest BCUT2D eigenvalue weighted by Crippen LogP contribution is 2.42. The van der Waals surface area contributed by atoms with E-state index in [9.17, 15) is 0 Å². The number of nitrogens with zero attached hydrogens (tertiary/aromatic N) is 1. The van der Waals surface area contributed by atoms with Crippen molar-refractivity contribution < 1.29 is 14.2 Å². The molecule has 102 valence electrons. The highest BCUT2D eigenvalue weighted by Gasteiger charge is 2.23. The molecule has 0 saturated carbocycles. The molecule has 0 saturated heterocycles. The first-order chi connectivity index (χ1) is 9.31. The lowest BCUT2D eigenvalue weighted by molar-refractivity contribution is 0.171. The lowest BCUT2D eigenvalue weighted by Gasteiger charge is -2.23. The predicted octanol–water partition coefficient (Wildman–Crippen LogP) is 2.57. The minimum absolute atomic E-state index is 0.276. The minimum Gasteiger partial charge on any atom is -0.493 e. The molecule has 4 heteroatoms. The fourth-order valence-corrected chi connectivity index (χ4v) is 2.70. The molecule has 0 aliphatic carbocycles. The fraction of sp³-hybridized carbons (Fsp3) is 0.467. The molecule has 0 N–H and O–H groups in total. The average molecular weight is 261 g/mol. The van der Waals surface area contributed by atoms with Gasteiger partial charge in [-0.05, 0) is 24.1 Å². The summed E-state index contributed by atoms with van der Waals surface area (Å²) < 4.78 is 16.3. The van der Waals surface area contributed by atoms with Gasteiger partial charge in [-0.15, -0.1) is 0 Å². The van der Waals surface area contributed by atoms with Crippen LogP contribution in [-0.4, -0.2) is 31.4 Å². The van der Waals surface area contributed by atoms with E-state index in [0.29, 0.717) is 6.04 Å². The first kappa shape index (κ1) is 12.4. The van der Waals surface area contributed by atoms with Crippen LogP contribution in [0.25, 0.3) is 0 Å². The van der Waals surface area contributed by atoms with E-state index in [0.717, 1.165) is 36.8 Å². The van der Waals surface area contributed by atoms with Crippen molar-refractivity contribution in [3.05, 3.63) is 29.8 Å². The number of hydrogen-bond donors (Lipinski definition) is 0. The summed E-state index contributed by atoms with van der Waals surface area (Å²) in [6, 6.07) is 4.63. The molecule has 19 heavy (non-hydrogen) atoms. The van der Waals surface area contributed by atoms with Gasteiger partial charge in [0.25, 0.3) is 0 Å². The maximum atomic E-state index is 5.46. The zero-order valence-electron chi connectivity index (χ0n) is 11.4. The Morgan fingerprint density at radius 3 is 3.05 bits per heavy atom. The van der Waals surface area contributed by atoms with Crippen molar-refractivity contribution >= 4 is 0 Å². The van der Waals surface area contributed by atoms with Gasteiger partial charge >= 0.3 is 0 Å². The molecule has 1 atom stereocenters. The van der Waals surface area contributed by atoms with Crippen molar-refractivity contribution in [2.24, 2.45) is 0 Å². The molecule has 0 radical (unpaired) electrons. The molecule has 2 heterocycles. The number of hydrogen-bond acceptors (Lipinski definition) is 4. The van der Waals surface area contributed by atoms with E-state index >= 15 is 0 Å². The van der Waals surface area contributed by atoms with Crippen LogP contribution in [0.2, 0.25) is 0 Å². The van der Waals surface area contributed by atoms with Crippen molar-refractivity contribution in [3.63, 3.8) is 0 Å². The van der Waals surface area contributed by atoms with Gasteiger partial charge in [0.1, 0.15) is 0 Å². The highest BCUT2D eigenvalue weighted by atomic mass is 16.7. The fourth-order valence-electron chi connectivity index (χ4n) is 2.70. The third-order valence-corrected chi connectivity index (χ3v) is 3.69. The number of methoxy groups -OCH3 is 1. The predicted molar refractivity (Wildman–Crippen MR) is 72.7 cm³/mol. The second-order valence-electron chi connectivity index (χ2n) is 4.87. The van der Waals surface area contributed by atoms with Gasteiger partial charge in [-0.1, -0.05) is 19.1 Å². The van der Waals surface area contributed by atoms with Crippen molar-refractivity contribution in [2.75, 3.05) is 20.4 Å². The van der Waals surface area contributed by atoms with E-state index in [-0.39, 0.29) is 6.79 Å². The second kappa shape index (κ2) is 5.13. The third-order valence-electron chi connectivity index (χ3n) is 3.69. The van der Waals surface area contributed by atoms with Crippen LogP contribution in [0.5, 0.6) is 17.2 Å². The van der Waals surface area contributed by atoms with Crippen LogP contribution in [0, 0.1) is 0 Å². The summed E-state index contributed by atoms with van der Waals surface area (Å²) in [5.41, 5.74) is 1.20. The molecular formula is C15H19NO3. The maximum Gasteiger partial charge on any atom is 0.231 e. The van der Waals surface area contributed by atoms with Gasteiger partial charge in [0, 0.05) is 19.1 Å². The van der Waals surface area contributed by atoms with Gasteiger partial charge in [0.2, 0.25) is 12.5 Å². The zero-order valence-corrected chi connectivity index (χ0v) is 11.4. The Kier molecular flexibility index (Phi) is 3.34. The van der Waals surface area contributed by atoms with Crippen LogP contribution in [0.15, 0.2) is 24.3 Å². The third kappa shape index (κ3) is 2.28. The lowest BCUT2D eigenvalue weighted by Crippen LogP contribution is -2.28. The average Bonchev–Trinajstić information content (AvgIpc) is 3.06. The van der Waals surface area contributed by atoms with Crippen molar-refractivity contribution in [3.8, 4) is 17.2 Å². The van der Waals surface area contributed by atoms with E-state index in [2.05, 4.69) is 30.0 Å². The van der Waals surface area contributed by atoms with E-state index in [1.807, 2.05) is 6.07 Å². The lowest BCUT2D eigenvalue weighted by atomic mass is 10.1. The Bertz CT molecular complexity index is 498. The zero-order chi connectivity index (χ0) is 13.2. The van der Waals surface area contributed by atoms with Crippen LogP contribution in [0.3, 0.4) is 0 Å². The number of ether oxygens (including phenoxy) is 3. The summed E-state index contributed by atoms with van der Waals surface area (Å²) in [5, 5.41) is 0. The van der Waals surface area contributed by atoms with E-state index < -0.39 is 0 Å². The number of rotatable bonds is 4. The Morgan fingerprint density at radius 1 is 1.37 bits per heavy atom. The summed E-state index contributed by atoms with van der Waals surface area (Å²) in [6.45, 7) is 4.40. The Labute approximate surface area is 113 Å². The summed E-state index contributed by atoms with van der Waals surface area (Å²) in [6.07, 6.45) is 5.65. The molecule has 0 spiro atoms. The van der Waals surface area contributed by atoms with Gasteiger partial charge in [-0.2, -0.15) is 0 Å². The largest absolute Gasteiger partial charge is 0.493 e. The van der Waals surface area contributed by atoms with Gasteiger partial charge in [0.15, 0.2) is 11.5 Å². The maximum absolute atomic E-state index is 5.46. The summed E-state index contributed by atoms with van der Waals surface area (Å²) in [4.78, 5) is 2.44. The first-order valence-electron chi connectivity index (χ1n) is 6.69. The SMILES string of the molecule is CC[C@H]1C=CCN1Cc1cc(OC)c2c(c1)OCO2. The molecule has 1 aromatic carbocycles. The van der Waals surface area contributed by atoms with E-state index in [1.54, 1.807) is 7.11 Å². The molecule has 2 aliphatic heterocycles. The molecule has 4 nitrogen and oxygen atoms in total. The quantitative estimate of drug-likeness (QED) is 0.779. The first-order valence-corrected chi connectivity index (χ1v) is 6.69. The Morgan fingerprint density at radius 2 is 2.26 bits per heavy atom. The summed E-state index contributed by atoms with van der Waals surface area (Å²) in [7, 11) is 1.66. The second-order valence-corrected chi connectivity index (χ2v) is 4.87. The van der Waals surface area contributed by atoms with Crippen LogP contribution < -0.4 is 14.2 Å². The van der Waals surface area contributed by atoms with E-state index in [1.165, 1.54) is 5.56 Å². The van der Waals surface area contributed by atoms with Crippen LogP contribution in [0.1, 0.15) is 18.9 Å². The highest BCUT2D eigenvalue weighted by molar-refractivity contribution is 5.55.